The van der Waals surface area contributed by atoms with Gasteiger partial charge in [0, 0.05) is 18.1 Å². The summed E-state index contributed by atoms with van der Waals surface area (Å²) >= 11 is 0. The fourth-order valence-electron chi connectivity index (χ4n) is 1.27. The Labute approximate surface area is 101 Å². The molecule has 16 heavy (non-hydrogen) atoms. The van der Waals surface area contributed by atoms with Gasteiger partial charge in [-0.1, -0.05) is 19.9 Å². The van der Waals surface area contributed by atoms with E-state index in [1.165, 1.54) is 12.1 Å². The van der Waals surface area contributed by atoms with E-state index in [1.807, 2.05) is 0 Å². The van der Waals surface area contributed by atoms with Gasteiger partial charge in [0.1, 0.15) is 0 Å². The van der Waals surface area contributed by atoms with Crippen LogP contribution in [0.4, 0.5) is 4.39 Å². The highest BCUT2D eigenvalue weighted by atomic mass is 35.5. The zero-order valence-electron chi connectivity index (χ0n) is 9.27. The first kappa shape index (κ1) is 15.2. The fraction of sp³-hybridized carbons (Fsp3) is 0.455. The van der Waals surface area contributed by atoms with Crippen LogP contribution in [0.5, 0.6) is 5.75 Å². The molecule has 0 amide bonds. The highest BCUT2D eigenvalue weighted by Crippen LogP contribution is 2.32. The first-order chi connectivity index (χ1) is 6.88. The van der Waals surface area contributed by atoms with Gasteiger partial charge in [-0.15, -0.1) is 12.4 Å². The van der Waals surface area contributed by atoms with Gasteiger partial charge in [-0.05, 0) is 17.7 Å². The topological polar surface area (TPSA) is 66.5 Å². The highest BCUT2D eigenvalue weighted by Gasteiger charge is 2.27. The Balaban J connectivity index is 0.00000225. The second-order valence-electron chi connectivity index (χ2n) is 4.34. The summed E-state index contributed by atoms with van der Waals surface area (Å²) in [5.74, 6) is -1.09. The van der Waals surface area contributed by atoms with E-state index >= 15 is 0 Å². The molecular formula is C11H17ClFNO2. The monoisotopic (exact) mass is 249 g/mol. The van der Waals surface area contributed by atoms with Gasteiger partial charge in [0.2, 0.25) is 0 Å². The van der Waals surface area contributed by atoms with E-state index < -0.39 is 23.0 Å². The van der Waals surface area contributed by atoms with Crippen LogP contribution in [-0.2, 0) is 0 Å². The Morgan fingerprint density at radius 2 is 2.00 bits per heavy atom. The van der Waals surface area contributed by atoms with Crippen LogP contribution < -0.4 is 5.73 Å². The third-order valence-electron chi connectivity index (χ3n) is 2.58. The normalized spacial score (nSPS) is 13.1. The molecule has 92 valence electrons. The lowest BCUT2D eigenvalue weighted by atomic mass is 9.82. The lowest BCUT2D eigenvalue weighted by Crippen LogP contribution is -2.32. The number of phenolic OH excluding ortho intramolecular Hbond substituents is 1. The first-order valence-corrected chi connectivity index (χ1v) is 4.73. The smallest absolute Gasteiger partial charge is 0.165 e. The van der Waals surface area contributed by atoms with Crippen LogP contribution in [0.2, 0.25) is 0 Å². The number of halogens is 2. The summed E-state index contributed by atoms with van der Waals surface area (Å²) in [5, 5.41) is 18.1. The molecule has 0 saturated carbocycles. The third-order valence-corrected chi connectivity index (χ3v) is 2.58. The van der Waals surface area contributed by atoms with Crippen molar-refractivity contribution in [2.75, 3.05) is 6.61 Å². The summed E-state index contributed by atoms with van der Waals surface area (Å²) in [4.78, 5) is 0. The van der Waals surface area contributed by atoms with Crippen molar-refractivity contribution in [3.8, 4) is 5.75 Å². The Hall–Kier alpha value is -0.840. The maximum Gasteiger partial charge on any atom is 0.165 e. The molecule has 0 heterocycles. The molecule has 0 radical (unpaired) electrons. The second kappa shape index (κ2) is 5.48. The van der Waals surface area contributed by atoms with Crippen LogP contribution >= 0.6 is 12.4 Å². The molecule has 0 unspecified atom stereocenters. The van der Waals surface area contributed by atoms with E-state index in [0.29, 0.717) is 5.56 Å². The number of benzene rings is 1. The third kappa shape index (κ3) is 3.07. The molecule has 1 atom stereocenters. The van der Waals surface area contributed by atoms with Gasteiger partial charge in [-0.3, -0.25) is 0 Å². The number of aromatic hydroxyl groups is 1. The van der Waals surface area contributed by atoms with Crippen molar-refractivity contribution in [1.29, 1.82) is 0 Å². The molecule has 0 bridgehead atoms. The zero-order chi connectivity index (χ0) is 11.6. The number of hydrogen-bond donors (Lipinski definition) is 3. The summed E-state index contributed by atoms with van der Waals surface area (Å²) in [6.45, 7) is 3.50. The predicted octanol–water partition coefficient (Wildman–Crippen LogP) is 1.97. The second-order valence-corrected chi connectivity index (χ2v) is 4.34. The molecule has 0 fully saturated rings. The molecule has 1 rings (SSSR count). The minimum atomic E-state index is -0.698. The minimum Gasteiger partial charge on any atom is -0.505 e. The van der Waals surface area contributed by atoms with Crippen LogP contribution in [0.15, 0.2) is 18.2 Å². The molecule has 0 aliphatic carbocycles. The van der Waals surface area contributed by atoms with E-state index in [4.69, 9.17) is 15.9 Å². The predicted molar refractivity (Wildman–Crippen MR) is 63.1 cm³/mol. The highest BCUT2D eigenvalue weighted by molar-refractivity contribution is 5.85. The average molecular weight is 250 g/mol. The van der Waals surface area contributed by atoms with Gasteiger partial charge in [0.05, 0.1) is 0 Å². The SMILES string of the molecule is CC(C)(CO)[C@H](N)c1ccc(O)c(F)c1.Cl. The number of phenols is 1. The minimum absolute atomic E-state index is 0. The molecule has 5 heteroatoms. The standard InChI is InChI=1S/C11H16FNO2.ClH/c1-11(2,6-14)10(13)7-3-4-9(15)8(12)5-7;/h3-5,10,14-15H,6,13H2,1-2H3;1H/t10-;/m1./s1. The molecule has 0 aliphatic rings. The quantitative estimate of drug-likeness (QED) is 0.767. The Morgan fingerprint density at radius 3 is 2.44 bits per heavy atom. The van der Waals surface area contributed by atoms with Gasteiger partial charge in [0.25, 0.3) is 0 Å². The van der Waals surface area contributed by atoms with Crippen molar-refractivity contribution in [2.24, 2.45) is 11.1 Å². The Morgan fingerprint density at radius 1 is 1.44 bits per heavy atom. The molecule has 0 spiro atoms. The number of hydrogen-bond acceptors (Lipinski definition) is 3. The Bertz CT molecular complexity index is 358. The maximum atomic E-state index is 13.1. The van der Waals surface area contributed by atoms with Crippen molar-refractivity contribution in [1.82, 2.24) is 0 Å². The van der Waals surface area contributed by atoms with E-state index in [9.17, 15) is 4.39 Å². The van der Waals surface area contributed by atoms with E-state index in [2.05, 4.69) is 0 Å². The fourth-order valence-corrected chi connectivity index (χ4v) is 1.27. The molecule has 0 aliphatic heterocycles. The van der Waals surface area contributed by atoms with Crippen molar-refractivity contribution >= 4 is 12.4 Å². The van der Waals surface area contributed by atoms with Gasteiger partial charge in [-0.2, -0.15) is 0 Å². The van der Waals surface area contributed by atoms with E-state index in [-0.39, 0.29) is 19.0 Å². The summed E-state index contributed by atoms with van der Waals surface area (Å²) in [7, 11) is 0. The van der Waals surface area contributed by atoms with Crippen LogP contribution in [0.25, 0.3) is 0 Å². The largest absolute Gasteiger partial charge is 0.505 e. The van der Waals surface area contributed by atoms with E-state index in [0.717, 1.165) is 0 Å². The van der Waals surface area contributed by atoms with Crippen molar-refractivity contribution in [2.45, 2.75) is 19.9 Å². The molecule has 0 saturated heterocycles. The van der Waals surface area contributed by atoms with Crippen LogP contribution in [0.3, 0.4) is 0 Å². The van der Waals surface area contributed by atoms with Crippen molar-refractivity contribution in [3.63, 3.8) is 0 Å². The lowest BCUT2D eigenvalue weighted by molar-refractivity contribution is 0.132. The number of nitrogens with two attached hydrogens (primary N) is 1. The molecule has 3 nitrogen and oxygen atoms in total. The average Bonchev–Trinajstić information content (AvgIpc) is 2.21. The molecule has 1 aromatic carbocycles. The summed E-state index contributed by atoms with van der Waals surface area (Å²) in [6.07, 6.45) is 0. The van der Waals surface area contributed by atoms with Gasteiger partial charge in [-0.25, -0.2) is 4.39 Å². The lowest BCUT2D eigenvalue weighted by Gasteiger charge is -2.29. The number of aliphatic hydroxyl groups excluding tert-OH is 1. The van der Waals surface area contributed by atoms with Gasteiger partial charge < -0.3 is 15.9 Å². The molecule has 1 aromatic rings. The maximum absolute atomic E-state index is 13.1. The van der Waals surface area contributed by atoms with Crippen molar-refractivity contribution in [3.05, 3.63) is 29.6 Å². The van der Waals surface area contributed by atoms with Crippen molar-refractivity contribution < 1.29 is 14.6 Å². The Kier molecular flexibility index (Phi) is 5.19. The number of aliphatic hydroxyl groups is 1. The summed E-state index contributed by atoms with van der Waals surface area (Å²) in [6, 6.07) is 3.54. The first-order valence-electron chi connectivity index (χ1n) is 4.73. The molecular weight excluding hydrogens is 233 g/mol. The number of rotatable bonds is 3. The van der Waals surface area contributed by atoms with E-state index in [1.54, 1.807) is 19.9 Å². The molecule has 4 N–H and O–H groups in total. The van der Waals surface area contributed by atoms with Crippen LogP contribution in [0, 0.1) is 11.2 Å². The molecule has 0 aromatic heterocycles. The zero-order valence-corrected chi connectivity index (χ0v) is 10.1. The summed E-state index contributed by atoms with van der Waals surface area (Å²) in [5.41, 5.74) is 5.93. The van der Waals surface area contributed by atoms with Crippen LogP contribution in [0.1, 0.15) is 25.5 Å². The van der Waals surface area contributed by atoms with Crippen LogP contribution in [-0.4, -0.2) is 16.8 Å². The van der Waals surface area contributed by atoms with Gasteiger partial charge >= 0.3 is 0 Å². The summed E-state index contributed by atoms with van der Waals surface area (Å²) < 4.78 is 13.1. The van der Waals surface area contributed by atoms with Gasteiger partial charge in [0.15, 0.2) is 11.6 Å².